The van der Waals surface area contributed by atoms with Crippen molar-refractivity contribution in [1.82, 2.24) is 14.8 Å². The van der Waals surface area contributed by atoms with Gasteiger partial charge in [0, 0.05) is 62.1 Å². The number of piperidine rings is 1. The molecular weight excluding hydrogens is 452 g/mol. The lowest BCUT2D eigenvalue weighted by molar-refractivity contribution is -0.365. The third kappa shape index (κ3) is 4.52. The van der Waals surface area contributed by atoms with E-state index in [-0.39, 0.29) is 12.5 Å². The number of anilines is 2. The lowest BCUT2D eigenvalue weighted by Crippen LogP contribution is -2.43. The van der Waals surface area contributed by atoms with Gasteiger partial charge in [-0.3, -0.25) is 4.90 Å². The van der Waals surface area contributed by atoms with Crippen molar-refractivity contribution in [3.05, 3.63) is 41.1 Å². The Bertz CT molecular complexity index is 1110. The number of rotatable bonds is 5. The van der Waals surface area contributed by atoms with Crippen LogP contribution in [0.1, 0.15) is 37.7 Å². The summed E-state index contributed by atoms with van der Waals surface area (Å²) in [5.74, 6) is 1.14. The normalized spacial score (nSPS) is 23.3. The minimum absolute atomic E-state index is 0.191. The van der Waals surface area contributed by atoms with Gasteiger partial charge in [-0.05, 0) is 57.3 Å². The van der Waals surface area contributed by atoms with E-state index in [1.165, 1.54) is 44.5 Å². The predicted octanol–water partition coefficient (Wildman–Crippen LogP) is 3.25. The highest BCUT2D eigenvalue weighted by Gasteiger charge is 2.31. The van der Waals surface area contributed by atoms with E-state index in [1.54, 1.807) is 6.34 Å². The molecule has 4 aliphatic rings. The molecule has 0 unspecified atom stereocenters. The molecule has 1 atom stereocenters. The quantitative estimate of drug-likeness (QED) is 0.510. The van der Waals surface area contributed by atoms with Crippen molar-refractivity contribution in [3.8, 4) is 11.3 Å². The van der Waals surface area contributed by atoms with E-state index in [0.29, 0.717) is 12.2 Å². The molecule has 0 amide bonds. The molecule has 3 saturated heterocycles. The molecule has 0 radical (unpaired) electrons. The Morgan fingerprint density at radius 2 is 1.72 bits per heavy atom. The van der Waals surface area contributed by atoms with Gasteiger partial charge >= 0.3 is 0 Å². The molecule has 8 nitrogen and oxygen atoms in total. The Balaban J connectivity index is 1.24. The van der Waals surface area contributed by atoms with Crippen LogP contribution in [0.2, 0.25) is 0 Å². The Morgan fingerprint density at radius 3 is 2.42 bits per heavy atom. The Morgan fingerprint density at radius 1 is 1.00 bits per heavy atom. The molecule has 5 heterocycles. The highest BCUT2D eigenvalue weighted by molar-refractivity contribution is 5.73. The number of nitrogens with zero attached hydrogens (tertiary/aromatic N) is 6. The van der Waals surface area contributed by atoms with E-state index >= 15 is 0 Å². The summed E-state index contributed by atoms with van der Waals surface area (Å²) in [5.41, 5.74) is 4.76. The molecule has 8 heteroatoms. The Hall–Kier alpha value is -2.84. The van der Waals surface area contributed by atoms with Gasteiger partial charge in [0.25, 0.3) is 0 Å². The van der Waals surface area contributed by atoms with Gasteiger partial charge in [0.2, 0.25) is 6.34 Å². The number of aliphatic hydroxyl groups excluding tert-OH is 1. The molecule has 2 aromatic rings. The number of benzene rings is 1. The summed E-state index contributed by atoms with van der Waals surface area (Å²) in [6.45, 7) is 7.25. The Kier molecular flexibility index (Phi) is 6.48. The predicted molar refractivity (Wildman–Crippen MR) is 144 cm³/mol. The molecule has 6 rings (SSSR count). The topological polar surface area (TPSA) is 72.2 Å². The van der Waals surface area contributed by atoms with E-state index in [4.69, 9.17) is 4.98 Å². The molecule has 0 spiro atoms. The van der Waals surface area contributed by atoms with Gasteiger partial charge in [-0.15, -0.1) is 0 Å². The summed E-state index contributed by atoms with van der Waals surface area (Å²) in [6.07, 6.45) is 7.75. The van der Waals surface area contributed by atoms with E-state index < -0.39 is 0 Å². The van der Waals surface area contributed by atoms with Crippen LogP contribution in [0.5, 0.6) is 0 Å². The number of hydrogen-bond donors (Lipinski definition) is 1. The molecular formula is C28H38N6O2. The van der Waals surface area contributed by atoms with Crippen LogP contribution >= 0.6 is 0 Å². The molecule has 0 aliphatic carbocycles. The summed E-state index contributed by atoms with van der Waals surface area (Å²) in [4.78, 5) is 14.4. The zero-order valence-corrected chi connectivity index (χ0v) is 21.3. The molecule has 0 bridgehead atoms. The first-order valence-corrected chi connectivity index (χ1v) is 13.6. The van der Waals surface area contributed by atoms with Crippen LogP contribution in [0.25, 0.3) is 11.3 Å². The van der Waals surface area contributed by atoms with Crippen molar-refractivity contribution >= 4 is 23.5 Å². The number of hydrogen-bond acceptors (Lipinski definition) is 7. The smallest absolute Gasteiger partial charge is 0.242 e. The van der Waals surface area contributed by atoms with Gasteiger partial charge in [-0.2, -0.15) is 0 Å². The van der Waals surface area contributed by atoms with Gasteiger partial charge < -0.3 is 25.0 Å². The first kappa shape index (κ1) is 23.6. The zero-order valence-electron chi connectivity index (χ0n) is 21.3. The highest BCUT2D eigenvalue weighted by atomic mass is 16.5. The number of pyridine rings is 1. The monoisotopic (exact) mass is 490 g/mol. The van der Waals surface area contributed by atoms with Gasteiger partial charge in [0.05, 0.1) is 18.3 Å². The number of fused-ring (bicyclic) bond motifs is 1. The zero-order chi connectivity index (χ0) is 24.6. The van der Waals surface area contributed by atoms with Crippen molar-refractivity contribution in [1.29, 1.82) is 0 Å². The molecule has 1 aromatic heterocycles. The summed E-state index contributed by atoms with van der Waals surface area (Å²) in [5, 5.41) is 22.5. The van der Waals surface area contributed by atoms with Gasteiger partial charge in [0.1, 0.15) is 18.1 Å². The first-order chi connectivity index (χ1) is 17.6. The summed E-state index contributed by atoms with van der Waals surface area (Å²) >= 11 is 0. The van der Waals surface area contributed by atoms with Gasteiger partial charge in [-0.25, -0.2) is 9.72 Å². The maximum Gasteiger partial charge on any atom is 0.242 e. The minimum Gasteiger partial charge on any atom is -0.711 e. The second kappa shape index (κ2) is 9.90. The average Bonchev–Trinajstić information content (AvgIpc) is 3.61. The molecule has 1 aromatic carbocycles. The van der Waals surface area contributed by atoms with Crippen molar-refractivity contribution in [3.63, 3.8) is 0 Å². The third-order valence-electron chi connectivity index (χ3n) is 8.52. The summed E-state index contributed by atoms with van der Waals surface area (Å²) < 4.78 is 0.964. The fourth-order valence-electron chi connectivity index (χ4n) is 6.45. The second-order valence-corrected chi connectivity index (χ2v) is 11.0. The van der Waals surface area contributed by atoms with Crippen molar-refractivity contribution in [2.24, 2.45) is 5.92 Å². The molecule has 1 N–H and O–H groups in total. The summed E-state index contributed by atoms with van der Waals surface area (Å²) in [6, 6.07) is 11.4. The summed E-state index contributed by atoms with van der Waals surface area (Å²) in [7, 11) is 1.92. The van der Waals surface area contributed by atoms with E-state index in [9.17, 15) is 10.3 Å². The van der Waals surface area contributed by atoms with Crippen molar-refractivity contribution in [2.45, 2.75) is 44.7 Å². The largest absolute Gasteiger partial charge is 0.711 e. The number of aliphatic hydroxyl groups is 1. The highest BCUT2D eigenvalue weighted by Crippen LogP contribution is 2.37. The Labute approximate surface area is 214 Å². The third-order valence-corrected chi connectivity index (χ3v) is 8.52. The maximum absolute atomic E-state index is 12.9. The van der Waals surface area contributed by atoms with Crippen LogP contribution in [0.15, 0.2) is 30.3 Å². The lowest BCUT2D eigenvalue weighted by Gasteiger charge is -2.37. The van der Waals surface area contributed by atoms with Crippen LogP contribution in [-0.4, -0.2) is 89.9 Å². The average molecular weight is 491 g/mol. The van der Waals surface area contributed by atoms with Crippen LogP contribution < -0.4 is 9.80 Å². The number of aromatic nitrogens is 1. The fourth-order valence-corrected chi connectivity index (χ4v) is 6.45. The maximum atomic E-state index is 12.9. The lowest BCUT2D eigenvalue weighted by atomic mass is 10.0. The van der Waals surface area contributed by atoms with Crippen LogP contribution in [0.3, 0.4) is 0 Å². The van der Waals surface area contributed by atoms with Crippen LogP contribution in [-0.2, 0) is 6.54 Å². The second-order valence-electron chi connectivity index (χ2n) is 11.0. The molecule has 3 fully saturated rings. The first-order valence-electron chi connectivity index (χ1n) is 13.6. The van der Waals surface area contributed by atoms with Crippen LogP contribution in [0, 0.1) is 11.1 Å². The minimum atomic E-state index is 0.191. The van der Waals surface area contributed by atoms with Crippen molar-refractivity contribution in [2.75, 3.05) is 62.7 Å². The van der Waals surface area contributed by atoms with Crippen molar-refractivity contribution < 1.29 is 9.85 Å². The molecule has 4 aliphatic heterocycles. The van der Waals surface area contributed by atoms with E-state index in [1.807, 2.05) is 18.0 Å². The molecule has 192 valence electrons. The van der Waals surface area contributed by atoms with E-state index in [2.05, 4.69) is 39.0 Å². The number of likely N-dealkylation sites (tertiary alicyclic amines) is 1. The molecule has 0 saturated carbocycles. The van der Waals surface area contributed by atoms with Gasteiger partial charge in [0.15, 0.2) is 0 Å². The standard InChI is InChI=1S/C28H38N6O2/c1-30-18-25-27(34(36)20-30)16-26(29-28(25)33-13-8-21(17-33)19-35)22-4-6-23(7-5-22)32-14-9-24(10-15-32)31-11-2-3-12-31/h4-7,16,20-21,24,35H,2-3,8-15,17-19H2,1H3/t21-/m0/s1. The van der Waals surface area contributed by atoms with Gasteiger partial charge in [-0.1, -0.05) is 12.1 Å². The van der Waals surface area contributed by atoms with E-state index in [0.717, 1.165) is 66.0 Å². The SMILES string of the molecule is CN1C=[N+]([O-])c2cc(-c3ccc(N4CCC(N5CCCC5)CC4)cc3)nc(N3CC[C@H](CO)C3)c2C1. The fraction of sp³-hybridized carbons (Fsp3) is 0.571. The van der Waals surface area contributed by atoms with Crippen LogP contribution in [0.4, 0.5) is 17.2 Å². The molecule has 36 heavy (non-hydrogen) atoms.